The van der Waals surface area contributed by atoms with E-state index in [1.54, 1.807) is 19.1 Å². The number of aliphatic hydroxyl groups excluding tert-OH is 2. The highest BCUT2D eigenvalue weighted by atomic mass is 16.7. The van der Waals surface area contributed by atoms with Crippen LogP contribution in [0.2, 0.25) is 0 Å². The molecule has 0 aromatic heterocycles. The Morgan fingerprint density at radius 3 is 2.51 bits per heavy atom. The maximum atomic E-state index is 13.6. The van der Waals surface area contributed by atoms with Crippen LogP contribution in [0.4, 0.5) is 0 Å². The van der Waals surface area contributed by atoms with Crippen molar-refractivity contribution in [2.45, 2.75) is 57.2 Å². The van der Waals surface area contributed by atoms with Gasteiger partial charge in [0.05, 0.1) is 48.7 Å². The summed E-state index contributed by atoms with van der Waals surface area (Å²) in [6.07, 6.45) is -1.25. The van der Waals surface area contributed by atoms with Gasteiger partial charge in [-0.3, -0.25) is 9.59 Å². The van der Waals surface area contributed by atoms with E-state index in [9.17, 15) is 30.0 Å². The van der Waals surface area contributed by atoms with Gasteiger partial charge in [-0.15, -0.1) is 0 Å². The first-order chi connectivity index (χ1) is 17.7. The van der Waals surface area contributed by atoms with Crippen LogP contribution in [0.5, 0.6) is 17.2 Å². The lowest BCUT2D eigenvalue weighted by Crippen LogP contribution is -2.39. The summed E-state index contributed by atoms with van der Waals surface area (Å²) < 4.78 is 17.4. The van der Waals surface area contributed by atoms with E-state index in [0.717, 1.165) is 0 Å². The van der Waals surface area contributed by atoms with Crippen molar-refractivity contribution >= 4 is 11.6 Å². The summed E-state index contributed by atoms with van der Waals surface area (Å²) in [7, 11) is 1.38. The number of benzene rings is 2. The molecule has 1 fully saturated rings. The van der Waals surface area contributed by atoms with Crippen LogP contribution in [-0.2, 0) is 15.9 Å². The zero-order valence-electron chi connectivity index (χ0n) is 20.7. The van der Waals surface area contributed by atoms with Gasteiger partial charge in [-0.25, -0.2) is 0 Å². The Kier molecular flexibility index (Phi) is 6.57. The number of methoxy groups -OCH3 is 1. The largest absolute Gasteiger partial charge is 0.507 e. The van der Waals surface area contributed by atoms with Gasteiger partial charge in [-0.2, -0.15) is 0 Å². The van der Waals surface area contributed by atoms with Crippen LogP contribution in [0, 0.1) is 5.92 Å². The minimum absolute atomic E-state index is 0.0235. The Balaban J connectivity index is 1.66. The van der Waals surface area contributed by atoms with Crippen LogP contribution >= 0.6 is 0 Å². The summed E-state index contributed by atoms with van der Waals surface area (Å²) in [6, 6.07) is 4.61. The number of phenols is 2. The molecule has 5 atom stereocenters. The van der Waals surface area contributed by atoms with Gasteiger partial charge in [0, 0.05) is 23.1 Å². The number of aliphatic hydroxyl groups is 2. The fourth-order valence-electron chi connectivity index (χ4n) is 5.67. The Bertz CT molecular complexity index is 1300. The molecule has 37 heavy (non-hydrogen) atoms. The molecule has 2 aliphatic carbocycles. The van der Waals surface area contributed by atoms with Crippen LogP contribution in [0.25, 0.3) is 0 Å². The lowest BCUT2D eigenvalue weighted by Gasteiger charge is -2.39. The van der Waals surface area contributed by atoms with Crippen LogP contribution in [0.15, 0.2) is 30.4 Å². The third-order valence-electron chi connectivity index (χ3n) is 7.74. The molecule has 4 N–H and O–H groups in total. The zero-order valence-corrected chi connectivity index (χ0v) is 20.7. The first-order valence-corrected chi connectivity index (χ1v) is 12.3. The van der Waals surface area contributed by atoms with Gasteiger partial charge in [0.15, 0.2) is 12.1 Å². The van der Waals surface area contributed by atoms with Gasteiger partial charge in [0.2, 0.25) is 5.78 Å². The maximum Gasteiger partial charge on any atom is 0.202 e. The van der Waals surface area contributed by atoms with Crippen molar-refractivity contribution < 1.29 is 44.2 Å². The minimum Gasteiger partial charge on any atom is -0.507 e. The average molecular weight is 511 g/mol. The molecule has 3 aliphatic rings. The standard InChI is InChI=1S/C28H30O9/c1-12(11-29)14-9-16-22(19(10-14)37-20-8-7-17(30)13(2)36-20)28(34)24-23(26(16)32)25(31)15-5-4-6-18(35-3)21(15)27(24)33/h4-6,13-14,17,19-20,29-30,32,34H,1,7-11H2,2-3H3/t13-,14+,17-,19-,20-/m0/s1. The quantitative estimate of drug-likeness (QED) is 0.301. The van der Waals surface area contributed by atoms with Crippen molar-refractivity contribution in [3.8, 4) is 17.2 Å². The molecular weight excluding hydrogens is 480 g/mol. The van der Waals surface area contributed by atoms with E-state index >= 15 is 0 Å². The third kappa shape index (κ3) is 4.02. The van der Waals surface area contributed by atoms with Crippen molar-refractivity contribution in [1.82, 2.24) is 0 Å². The highest BCUT2D eigenvalue weighted by Crippen LogP contribution is 2.52. The monoisotopic (exact) mass is 510 g/mol. The van der Waals surface area contributed by atoms with Gasteiger partial charge < -0.3 is 34.6 Å². The highest BCUT2D eigenvalue weighted by molar-refractivity contribution is 6.31. The zero-order chi connectivity index (χ0) is 26.6. The van der Waals surface area contributed by atoms with Crippen molar-refractivity contribution in [3.05, 3.63) is 63.7 Å². The molecule has 0 unspecified atom stereocenters. The molecule has 0 amide bonds. The molecule has 0 saturated carbocycles. The number of fused-ring (bicyclic) bond motifs is 3. The number of ether oxygens (including phenoxy) is 3. The fraction of sp³-hybridized carbons (Fsp3) is 0.429. The average Bonchev–Trinajstić information content (AvgIpc) is 2.90. The maximum absolute atomic E-state index is 13.6. The number of carbonyl (C=O) groups is 2. The summed E-state index contributed by atoms with van der Waals surface area (Å²) in [6.45, 7) is 5.40. The second-order valence-electron chi connectivity index (χ2n) is 9.87. The number of phenolic OH excluding ortho intramolecular Hbond substituents is 2. The van der Waals surface area contributed by atoms with E-state index in [-0.39, 0.29) is 58.1 Å². The summed E-state index contributed by atoms with van der Waals surface area (Å²) >= 11 is 0. The molecule has 196 valence electrons. The molecule has 0 radical (unpaired) electrons. The lowest BCUT2D eigenvalue weighted by atomic mass is 9.73. The SMILES string of the molecule is C=C(CO)[C@@H]1Cc2c(O)c3c(c(O)c2[C@@H](O[C@H]2CC[C@H](O)[C@H](C)O2)C1)C(=O)c1c(OC)cccc1C3=O. The Morgan fingerprint density at radius 2 is 1.84 bits per heavy atom. The molecule has 5 rings (SSSR count). The van der Waals surface area contributed by atoms with Crippen molar-refractivity contribution in [2.24, 2.45) is 5.92 Å². The number of ketones is 2. The van der Waals surface area contributed by atoms with E-state index in [4.69, 9.17) is 14.2 Å². The van der Waals surface area contributed by atoms with Crippen molar-refractivity contribution in [1.29, 1.82) is 0 Å². The van der Waals surface area contributed by atoms with Crippen molar-refractivity contribution in [2.75, 3.05) is 13.7 Å². The van der Waals surface area contributed by atoms with Gasteiger partial charge >= 0.3 is 0 Å². The fourth-order valence-corrected chi connectivity index (χ4v) is 5.67. The molecule has 1 saturated heterocycles. The van der Waals surface area contributed by atoms with E-state index in [1.165, 1.54) is 13.2 Å². The predicted molar refractivity (Wildman–Crippen MR) is 131 cm³/mol. The van der Waals surface area contributed by atoms with Crippen LogP contribution in [-0.4, -0.2) is 64.2 Å². The van der Waals surface area contributed by atoms with E-state index in [2.05, 4.69) is 6.58 Å². The van der Waals surface area contributed by atoms with Crippen molar-refractivity contribution in [3.63, 3.8) is 0 Å². The molecule has 1 heterocycles. The molecule has 9 heteroatoms. The second kappa shape index (κ2) is 9.57. The number of hydrogen-bond acceptors (Lipinski definition) is 9. The predicted octanol–water partition coefficient (Wildman–Crippen LogP) is 2.94. The molecule has 2 aromatic rings. The topological polar surface area (TPSA) is 143 Å². The summed E-state index contributed by atoms with van der Waals surface area (Å²) in [5.41, 5.74) is 0.538. The Labute approximate surface area is 213 Å². The molecule has 1 aliphatic heterocycles. The highest BCUT2D eigenvalue weighted by Gasteiger charge is 2.44. The third-order valence-corrected chi connectivity index (χ3v) is 7.74. The van der Waals surface area contributed by atoms with Gasteiger partial charge in [0.25, 0.3) is 0 Å². The summed E-state index contributed by atoms with van der Waals surface area (Å²) in [5, 5.41) is 42.7. The molecule has 9 nitrogen and oxygen atoms in total. The number of rotatable bonds is 5. The van der Waals surface area contributed by atoms with E-state index < -0.39 is 47.7 Å². The first kappa shape index (κ1) is 25.4. The number of hydrogen-bond donors (Lipinski definition) is 4. The number of carbonyl (C=O) groups excluding carboxylic acids is 2. The van der Waals surface area contributed by atoms with Crippen LogP contribution in [0.1, 0.15) is 75.3 Å². The smallest absolute Gasteiger partial charge is 0.202 e. The Morgan fingerprint density at radius 1 is 1.11 bits per heavy atom. The van der Waals surface area contributed by atoms with Crippen LogP contribution < -0.4 is 4.74 Å². The normalized spacial score (nSPS) is 26.8. The van der Waals surface area contributed by atoms with Crippen LogP contribution in [0.3, 0.4) is 0 Å². The molecule has 0 bridgehead atoms. The van der Waals surface area contributed by atoms with Gasteiger partial charge in [-0.1, -0.05) is 18.7 Å². The Hall–Kier alpha value is -3.24. The first-order valence-electron chi connectivity index (χ1n) is 12.3. The molecular formula is C28H30O9. The lowest BCUT2D eigenvalue weighted by molar-refractivity contribution is -0.238. The molecule has 2 aromatic carbocycles. The summed E-state index contributed by atoms with van der Waals surface area (Å²) in [5.74, 6) is -2.19. The van der Waals surface area contributed by atoms with Gasteiger partial charge in [-0.05, 0) is 43.7 Å². The number of aromatic hydroxyl groups is 2. The molecule has 0 spiro atoms. The minimum atomic E-state index is -0.831. The van der Waals surface area contributed by atoms with Gasteiger partial charge in [0.1, 0.15) is 17.2 Å². The van der Waals surface area contributed by atoms with E-state index in [1.807, 2.05) is 0 Å². The second-order valence-corrected chi connectivity index (χ2v) is 9.87. The van der Waals surface area contributed by atoms with E-state index in [0.29, 0.717) is 24.8 Å². The summed E-state index contributed by atoms with van der Waals surface area (Å²) in [4.78, 5) is 27.1.